The Morgan fingerprint density at radius 3 is 2.50 bits per heavy atom. The van der Waals surface area contributed by atoms with Crippen molar-refractivity contribution < 1.29 is 14.3 Å². The van der Waals surface area contributed by atoms with Crippen molar-refractivity contribution in [1.82, 2.24) is 15.5 Å². The Bertz CT molecular complexity index is 917. The van der Waals surface area contributed by atoms with Gasteiger partial charge in [0.1, 0.15) is 0 Å². The summed E-state index contributed by atoms with van der Waals surface area (Å²) in [5.41, 5.74) is 2.36. The van der Waals surface area contributed by atoms with Crippen LogP contribution in [0.4, 0.5) is 5.69 Å². The standard InChI is InChI=1S/C23H29N5O3.HI/c1-24-23(25-10-9-18-7-8-20-21(15-18)31-17-30-20)26-16-22(29)28-13-11-27(12-14-28)19-5-3-2-4-6-19;/h2-8,15H,9-14,16-17H2,1H3,(H2,24,25,26);1H. The van der Waals surface area contributed by atoms with Crippen molar-refractivity contribution in [2.75, 3.05) is 58.0 Å². The van der Waals surface area contributed by atoms with Crippen LogP contribution in [0.5, 0.6) is 11.5 Å². The highest BCUT2D eigenvalue weighted by atomic mass is 127. The Kier molecular flexibility index (Phi) is 8.83. The lowest BCUT2D eigenvalue weighted by Crippen LogP contribution is -2.52. The SMILES string of the molecule is CN=C(NCCc1ccc2c(c1)OCO2)NCC(=O)N1CCN(c2ccccc2)CC1.I. The van der Waals surface area contributed by atoms with Crippen LogP contribution in [0.15, 0.2) is 53.5 Å². The monoisotopic (exact) mass is 551 g/mol. The number of halogens is 1. The van der Waals surface area contributed by atoms with Gasteiger partial charge < -0.3 is 29.9 Å². The highest BCUT2D eigenvalue weighted by Gasteiger charge is 2.21. The van der Waals surface area contributed by atoms with E-state index in [1.807, 2.05) is 41.3 Å². The number of para-hydroxylation sites is 1. The van der Waals surface area contributed by atoms with Gasteiger partial charge in [-0.05, 0) is 36.2 Å². The fourth-order valence-corrected chi connectivity index (χ4v) is 3.77. The second kappa shape index (κ2) is 11.8. The topological polar surface area (TPSA) is 78.4 Å². The summed E-state index contributed by atoms with van der Waals surface area (Å²) in [6.45, 7) is 4.36. The molecule has 2 aromatic carbocycles. The van der Waals surface area contributed by atoms with E-state index in [9.17, 15) is 4.79 Å². The molecular formula is C23H30IN5O3. The molecule has 172 valence electrons. The lowest BCUT2D eigenvalue weighted by atomic mass is 10.1. The smallest absolute Gasteiger partial charge is 0.242 e. The van der Waals surface area contributed by atoms with Gasteiger partial charge in [-0.1, -0.05) is 24.3 Å². The van der Waals surface area contributed by atoms with Gasteiger partial charge in [-0.3, -0.25) is 9.79 Å². The lowest BCUT2D eigenvalue weighted by Gasteiger charge is -2.36. The van der Waals surface area contributed by atoms with Crippen LogP contribution in [-0.2, 0) is 11.2 Å². The molecule has 9 heteroatoms. The van der Waals surface area contributed by atoms with Crippen molar-refractivity contribution in [3.63, 3.8) is 0 Å². The van der Waals surface area contributed by atoms with Gasteiger partial charge in [0.2, 0.25) is 12.7 Å². The molecular weight excluding hydrogens is 521 g/mol. The summed E-state index contributed by atoms with van der Waals surface area (Å²) >= 11 is 0. The first-order chi connectivity index (χ1) is 15.2. The number of piperazine rings is 1. The summed E-state index contributed by atoms with van der Waals surface area (Å²) < 4.78 is 10.8. The molecule has 0 radical (unpaired) electrons. The second-order valence-corrected chi connectivity index (χ2v) is 7.49. The summed E-state index contributed by atoms with van der Waals surface area (Å²) in [5.74, 6) is 2.29. The van der Waals surface area contributed by atoms with Gasteiger partial charge in [0.15, 0.2) is 17.5 Å². The zero-order chi connectivity index (χ0) is 21.5. The maximum atomic E-state index is 12.6. The molecule has 0 bridgehead atoms. The molecule has 0 spiro atoms. The van der Waals surface area contributed by atoms with E-state index in [0.717, 1.165) is 49.7 Å². The molecule has 8 nitrogen and oxygen atoms in total. The van der Waals surface area contributed by atoms with E-state index in [2.05, 4.69) is 32.7 Å². The van der Waals surface area contributed by atoms with Crippen LogP contribution in [-0.4, -0.2) is 69.9 Å². The van der Waals surface area contributed by atoms with E-state index in [4.69, 9.17) is 9.47 Å². The van der Waals surface area contributed by atoms with Gasteiger partial charge in [-0.2, -0.15) is 0 Å². The maximum Gasteiger partial charge on any atom is 0.242 e. The van der Waals surface area contributed by atoms with Gasteiger partial charge in [-0.25, -0.2) is 0 Å². The van der Waals surface area contributed by atoms with E-state index >= 15 is 0 Å². The Labute approximate surface area is 206 Å². The van der Waals surface area contributed by atoms with E-state index in [0.29, 0.717) is 12.5 Å². The Morgan fingerprint density at radius 2 is 1.75 bits per heavy atom. The molecule has 32 heavy (non-hydrogen) atoms. The van der Waals surface area contributed by atoms with Crippen molar-refractivity contribution in [3.05, 3.63) is 54.1 Å². The minimum absolute atomic E-state index is 0. The van der Waals surface area contributed by atoms with Gasteiger partial charge in [-0.15, -0.1) is 24.0 Å². The van der Waals surface area contributed by atoms with E-state index < -0.39 is 0 Å². The number of benzene rings is 2. The minimum atomic E-state index is 0. The first kappa shape index (κ1) is 24.0. The Morgan fingerprint density at radius 1 is 1.00 bits per heavy atom. The summed E-state index contributed by atoms with van der Waals surface area (Å²) in [5, 5.41) is 6.39. The molecule has 2 aromatic rings. The van der Waals surface area contributed by atoms with Crippen LogP contribution in [0.2, 0.25) is 0 Å². The van der Waals surface area contributed by atoms with Crippen LogP contribution in [0, 0.1) is 0 Å². The van der Waals surface area contributed by atoms with Crippen molar-refractivity contribution in [3.8, 4) is 11.5 Å². The third-order valence-electron chi connectivity index (χ3n) is 5.53. The maximum absolute atomic E-state index is 12.6. The number of rotatable bonds is 6. The Balaban J connectivity index is 0.00000289. The molecule has 1 amide bonds. The molecule has 2 heterocycles. The van der Waals surface area contributed by atoms with Crippen molar-refractivity contribution in [2.24, 2.45) is 4.99 Å². The largest absolute Gasteiger partial charge is 0.454 e. The molecule has 2 aliphatic rings. The van der Waals surface area contributed by atoms with Crippen molar-refractivity contribution >= 4 is 41.5 Å². The third-order valence-corrected chi connectivity index (χ3v) is 5.53. The third kappa shape index (κ3) is 6.18. The summed E-state index contributed by atoms with van der Waals surface area (Å²) in [4.78, 5) is 21.0. The number of fused-ring (bicyclic) bond motifs is 1. The van der Waals surface area contributed by atoms with Crippen LogP contribution < -0.4 is 25.0 Å². The predicted octanol–water partition coefficient (Wildman–Crippen LogP) is 2.09. The van der Waals surface area contributed by atoms with Crippen molar-refractivity contribution in [1.29, 1.82) is 0 Å². The molecule has 1 saturated heterocycles. The van der Waals surface area contributed by atoms with Gasteiger partial charge in [0, 0.05) is 45.5 Å². The molecule has 1 fully saturated rings. The highest BCUT2D eigenvalue weighted by Crippen LogP contribution is 2.32. The molecule has 4 rings (SSSR count). The van der Waals surface area contributed by atoms with E-state index in [1.165, 1.54) is 5.69 Å². The number of aliphatic imine (C=N–C) groups is 1. The number of amides is 1. The number of hydrogen-bond acceptors (Lipinski definition) is 5. The van der Waals surface area contributed by atoms with Crippen molar-refractivity contribution in [2.45, 2.75) is 6.42 Å². The number of hydrogen-bond donors (Lipinski definition) is 2. The normalized spacial score (nSPS) is 15.2. The zero-order valence-electron chi connectivity index (χ0n) is 18.3. The first-order valence-electron chi connectivity index (χ1n) is 10.6. The number of carbonyl (C=O) groups is 1. The average molecular weight is 551 g/mol. The molecule has 2 N–H and O–H groups in total. The quantitative estimate of drug-likeness (QED) is 0.326. The summed E-state index contributed by atoms with van der Waals surface area (Å²) in [6.07, 6.45) is 0.812. The number of anilines is 1. The number of ether oxygens (including phenoxy) is 2. The molecule has 2 aliphatic heterocycles. The van der Waals surface area contributed by atoms with Gasteiger partial charge in [0.05, 0.1) is 6.54 Å². The summed E-state index contributed by atoms with van der Waals surface area (Å²) in [7, 11) is 1.71. The minimum Gasteiger partial charge on any atom is -0.454 e. The fourth-order valence-electron chi connectivity index (χ4n) is 3.77. The van der Waals surface area contributed by atoms with Gasteiger partial charge in [0.25, 0.3) is 0 Å². The molecule has 0 aliphatic carbocycles. The predicted molar refractivity (Wildman–Crippen MR) is 136 cm³/mol. The van der Waals surface area contributed by atoms with Crippen LogP contribution in [0.1, 0.15) is 5.56 Å². The van der Waals surface area contributed by atoms with Crippen LogP contribution >= 0.6 is 24.0 Å². The number of nitrogens with zero attached hydrogens (tertiary/aromatic N) is 3. The number of nitrogens with one attached hydrogen (secondary N) is 2. The summed E-state index contributed by atoms with van der Waals surface area (Å²) in [6, 6.07) is 16.3. The van der Waals surface area contributed by atoms with Crippen LogP contribution in [0.25, 0.3) is 0 Å². The van der Waals surface area contributed by atoms with E-state index in [-0.39, 0.29) is 43.2 Å². The molecule has 0 aromatic heterocycles. The Hall–Kier alpha value is -2.69. The van der Waals surface area contributed by atoms with Crippen LogP contribution in [0.3, 0.4) is 0 Å². The molecule has 0 atom stereocenters. The molecule has 0 saturated carbocycles. The fraction of sp³-hybridized carbons (Fsp3) is 0.391. The zero-order valence-corrected chi connectivity index (χ0v) is 20.6. The number of carbonyl (C=O) groups excluding carboxylic acids is 1. The number of guanidine groups is 1. The lowest BCUT2D eigenvalue weighted by molar-refractivity contribution is -0.130. The molecule has 0 unspecified atom stereocenters. The highest BCUT2D eigenvalue weighted by molar-refractivity contribution is 14.0. The first-order valence-corrected chi connectivity index (χ1v) is 10.6. The van der Waals surface area contributed by atoms with E-state index in [1.54, 1.807) is 7.05 Å². The second-order valence-electron chi connectivity index (χ2n) is 7.49. The van der Waals surface area contributed by atoms with Gasteiger partial charge >= 0.3 is 0 Å². The average Bonchev–Trinajstić information content (AvgIpc) is 3.30.